The van der Waals surface area contributed by atoms with E-state index >= 15 is 0 Å². The van der Waals surface area contributed by atoms with Crippen molar-refractivity contribution in [3.63, 3.8) is 0 Å². The molecule has 0 aromatic heterocycles. The van der Waals surface area contributed by atoms with Crippen LogP contribution in [0.4, 0.5) is 0 Å². The molecule has 0 bridgehead atoms. The second kappa shape index (κ2) is 8.90. The van der Waals surface area contributed by atoms with Gasteiger partial charge in [-0.05, 0) is 40.0 Å². The maximum Gasteiger partial charge on any atom is 0.143 e. The second-order valence-corrected chi connectivity index (χ2v) is 4.64. The standard InChI is InChI=1S/C13H21BrO/c1-11(2)6-4-7-12(3)8-5-9-13(15)10-14/h6,8H,4-5,7,9-10H2,1-3H3/b12-8+. The van der Waals surface area contributed by atoms with Gasteiger partial charge in [-0.2, -0.15) is 0 Å². The van der Waals surface area contributed by atoms with E-state index in [-0.39, 0.29) is 5.78 Å². The molecule has 86 valence electrons. The number of carbonyl (C=O) groups excluding carboxylic acids is 1. The Bertz CT molecular complexity index is 247. The maximum atomic E-state index is 11.0. The van der Waals surface area contributed by atoms with E-state index in [1.807, 2.05) is 0 Å². The first-order valence-corrected chi connectivity index (χ1v) is 6.55. The summed E-state index contributed by atoms with van der Waals surface area (Å²) in [6.07, 6.45) is 8.18. The van der Waals surface area contributed by atoms with E-state index < -0.39 is 0 Å². The fourth-order valence-corrected chi connectivity index (χ4v) is 1.52. The van der Waals surface area contributed by atoms with Crippen LogP contribution in [0.3, 0.4) is 0 Å². The first-order chi connectivity index (χ1) is 7.06. The number of carbonyl (C=O) groups is 1. The van der Waals surface area contributed by atoms with Crippen LogP contribution in [0.5, 0.6) is 0 Å². The maximum absolute atomic E-state index is 11.0. The average Bonchev–Trinajstić information content (AvgIpc) is 2.17. The van der Waals surface area contributed by atoms with Gasteiger partial charge in [-0.15, -0.1) is 0 Å². The van der Waals surface area contributed by atoms with Crippen molar-refractivity contribution >= 4 is 21.7 Å². The molecular formula is C13H21BrO. The van der Waals surface area contributed by atoms with Crippen LogP contribution < -0.4 is 0 Å². The Balaban J connectivity index is 3.70. The van der Waals surface area contributed by atoms with E-state index in [9.17, 15) is 4.79 Å². The SMILES string of the molecule is CC(C)=CCC/C(C)=C/CCC(=O)CBr. The van der Waals surface area contributed by atoms with Crippen molar-refractivity contribution in [3.8, 4) is 0 Å². The Labute approximate surface area is 102 Å². The second-order valence-electron chi connectivity index (χ2n) is 4.08. The van der Waals surface area contributed by atoms with E-state index in [0.717, 1.165) is 19.3 Å². The van der Waals surface area contributed by atoms with Crippen LogP contribution >= 0.6 is 15.9 Å². The summed E-state index contributed by atoms with van der Waals surface area (Å²) >= 11 is 3.16. The molecule has 0 amide bonds. The number of halogens is 1. The summed E-state index contributed by atoms with van der Waals surface area (Å²) in [5.41, 5.74) is 2.76. The summed E-state index contributed by atoms with van der Waals surface area (Å²) in [5.74, 6) is 0.281. The lowest BCUT2D eigenvalue weighted by atomic mass is 10.1. The van der Waals surface area contributed by atoms with Crippen LogP contribution in [0.25, 0.3) is 0 Å². The van der Waals surface area contributed by atoms with Crippen LogP contribution in [-0.2, 0) is 4.79 Å². The van der Waals surface area contributed by atoms with Gasteiger partial charge in [-0.25, -0.2) is 0 Å². The number of hydrogen-bond donors (Lipinski definition) is 0. The smallest absolute Gasteiger partial charge is 0.143 e. The molecule has 0 atom stereocenters. The van der Waals surface area contributed by atoms with Gasteiger partial charge in [-0.1, -0.05) is 39.2 Å². The molecule has 0 N–H and O–H groups in total. The van der Waals surface area contributed by atoms with Gasteiger partial charge in [0.1, 0.15) is 5.78 Å². The zero-order valence-corrected chi connectivity index (χ0v) is 11.6. The minimum Gasteiger partial charge on any atom is -0.299 e. The Hall–Kier alpha value is -0.370. The van der Waals surface area contributed by atoms with E-state index in [2.05, 4.69) is 48.9 Å². The third-order valence-corrected chi connectivity index (χ3v) is 2.78. The largest absolute Gasteiger partial charge is 0.299 e. The Kier molecular flexibility index (Phi) is 8.68. The highest BCUT2D eigenvalue weighted by Crippen LogP contribution is 2.08. The molecule has 0 aliphatic rings. The fourth-order valence-electron chi connectivity index (χ4n) is 1.24. The molecule has 0 saturated carbocycles. The molecular weight excluding hydrogens is 252 g/mol. The zero-order valence-electron chi connectivity index (χ0n) is 9.98. The molecule has 0 heterocycles. The Morgan fingerprint density at radius 1 is 1.07 bits per heavy atom. The van der Waals surface area contributed by atoms with Crippen molar-refractivity contribution in [2.24, 2.45) is 0 Å². The molecule has 0 unspecified atom stereocenters. The molecule has 0 aromatic rings. The fraction of sp³-hybridized carbons (Fsp3) is 0.615. The zero-order chi connectivity index (χ0) is 11.7. The van der Waals surface area contributed by atoms with Gasteiger partial charge in [0.25, 0.3) is 0 Å². The Morgan fingerprint density at radius 3 is 2.20 bits per heavy atom. The van der Waals surface area contributed by atoms with Crippen molar-refractivity contribution in [2.75, 3.05) is 5.33 Å². The predicted octanol–water partition coefficient (Wildman–Crippen LogP) is 4.42. The summed E-state index contributed by atoms with van der Waals surface area (Å²) in [6.45, 7) is 6.37. The van der Waals surface area contributed by atoms with E-state index in [0.29, 0.717) is 11.8 Å². The van der Waals surface area contributed by atoms with Crippen molar-refractivity contribution in [1.29, 1.82) is 0 Å². The summed E-state index contributed by atoms with van der Waals surface area (Å²) in [7, 11) is 0. The highest BCUT2D eigenvalue weighted by atomic mass is 79.9. The van der Waals surface area contributed by atoms with Gasteiger partial charge in [0.2, 0.25) is 0 Å². The van der Waals surface area contributed by atoms with E-state index in [1.165, 1.54) is 11.1 Å². The van der Waals surface area contributed by atoms with Gasteiger partial charge in [0.15, 0.2) is 0 Å². The predicted molar refractivity (Wildman–Crippen MR) is 70.5 cm³/mol. The van der Waals surface area contributed by atoms with E-state index in [1.54, 1.807) is 0 Å². The molecule has 15 heavy (non-hydrogen) atoms. The topological polar surface area (TPSA) is 17.1 Å². The number of allylic oxidation sites excluding steroid dienone is 4. The third kappa shape index (κ3) is 9.92. The molecule has 1 nitrogen and oxygen atoms in total. The highest BCUT2D eigenvalue weighted by Gasteiger charge is 1.96. The van der Waals surface area contributed by atoms with Crippen molar-refractivity contribution < 1.29 is 4.79 Å². The first kappa shape index (κ1) is 14.6. The van der Waals surface area contributed by atoms with Crippen LogP contribution in [0, 0.1) is 0 Å². The number of Topliss-reactive ketones (excluding diaryl/α,β-unsaturated/α-hetero) is 1. The number of rotatable bonds is 7. The number of ketones is 1. The van der Waals surface area contributed by atoms with Crippen LogP contribution in [-0.4, -0.2) is 11.1 Å². The molecule has 0 aromatic carbocycles. The van der Waals surface area contributed by atoms with Gasteiger partial charge < -0.3 is 0 Å². The minimum absolute atomic E-state index is 0.281. The lowest BCUT2D eigenvalue weighted by Crippen LogP contribution is -1.96. The molecule has 0 spiro atoms. The molecule has 0 radical (unpaired) electrons. The van der Waals surface area contributed by atoms with Gasteiger partial charge in [0, 0.05) is 6.42 Å². The Morgan fingerprint density at radius 2 is 1.67 bits per heavy atom. The van der Waals surface area contributed by atoms with Gasteiger partial charge in [0.05, 0.1) is 5.33 Å². The molecule has 0 fully saturated rings. The minimum atomic E-state index is 0.281. The van der Waals surface area contributed by atoms with Crippen molar-refractivity contribution in [2.45, 2.75) is 46.5 Å². The quantitative estimate of drug-likeness (QED) is 0.495. The van der Waals surface area contributed by atoms with Crippen LogP contribution in [0.15, 0.2) is 23.3 Å². The van der Waals surface area contributed by atoms with Crippen molar-refractivity contribution in [3.05, 3.63) is 23.3 Å². The molecule has 0 saturated heterocycles. The lowest BCUT2D eigenvalue weighted by molar-refractivity contribution is -0.116. The lowest BCUT2D eigenvalue weighted by Gasteiger charge is -1.99. The summed E-state index contributed by atoms with van der Waals surface area (Å²) < 4.78 is 0. The molecule has 0 aliphatic heterocycles. The summed E-state index contributed by atoms with van der Waals surface area (Å²) in [6, 6.07) is 0. The van der Waals surface area contributed by atoms with Crippen LogP contribution in [0.2, 0.25) is 0 Å². The van der Waals surface area contributed by atoms with Gasteiger partial charge in [-0.3, -0.25) is 4.79 Å². The van der Waals surface area contributed by atoms with E-state index in [4.69, 9.17) is 0 Å². The normalized spacial score (nSPS) is 11.3. The summed E-state index contributed by atoms with van der Waals surface area (Å²) in [4.78, 5) is 11.0. The average molecular weight is 273 g/mol. The van der Waals surface area contributed by atoms with Crippen LogP contribution in [0.1, 0.15) is 46.5 Å². The van der Waals surface area contributed by atoms with Crippen molar-refractivity contribution in [1.82, 2.24) is 0 Å². The molecule has 0 aliphatic carbocycles. The highest BCUT2D eigenvalue weighted by molar-refractivity contribution is 9.09. The first-order valence-electron chi connectivity index (χ1n) is 5.43. The summed E-state index contributed by atoms with van der Waals surface area (Å²) in [5, 5.41) is 0.484. The number of hydrogen-bond acceptors (Lipinski definition) is 1. The molecule has 0 rings (SSSR count). The monoisotopic (exact) mass is 272 g/mol. The number of alkyl halides is 1. The molecule has 2 heteroatoms. The van der Waals surface area contributed by atoms with Gasteiger partial charge >= 0.3 is 0 Å². The third-order valence-electron chi connectivity index (χ3n) is 2.16.